The normalized spacial score (nSPS) is 34.5. The second kappa shape index (κ2) is 12.7. The van der Waals surface area contributed by atoms with Gasteiger partial charge in [0.1, 0.15) is 11.0 Å². The van der Waals surface area contributed by atoms with Gasteiger partial charge in [-0.1, -0.05) is 58.7 Å². The van der Waals surface area contributed by atoms with Crippen LogP contribution in [0.25, 0.3) is 0 Å². The van der Waals surface area contributed by atoms with Crippen LogP contribution < -0.4 is 4.74 Å². The fraction of sp³-hybridized carbons (Fsp3) is 0.632. The van der Waals surface area contributed by atoms with Gasteiger partial charge in [-0.3, -0.25) is 4.55 Å². The van der Waals surface area contributed by atoms with E-state index < -0.39 is 32.7 Å². The molecule has 0 aromatic heterocycles. The zero-order chi connectivity index (χ0) is 32.9. The molecule has 4 fully saturated rings. The van der Waals surface area contributed by atoms with Crippen molar-refractivity contribution < 1.29 is 32.0 Å². The molecule has 0 saturated heterocycles. The predicted octanol–water partition coefficient (Wildman–Crippen LogP) is 8.77. The Bertz CT molecular complexity index is 1550. The van der Waals surface area contributed by atoms with Crippen molar-refractivity contribution in [1.82, 2.24) is 0 Å². The highest BCUT2D eigenvalue weighted by Gasteiger charge is 2.61. The monoisotopic (exact) mass is 650 g/mol. The summed E-state index contributed by atoms with van der Waals surface area (Å²) in [6, 6.07) is 11.7. The Labute approximate surface area is 274 Å². The first-order chi connectivity index (χ1) is 21.8. The van der Waals surface area contributed by atoms with Gasteiger partial charge in [0.05, 0.1) is 11.1 Å². The maximum atomic E-state index is 13.5. The lowest BCUT2D eigenvalue weighted by Gasteiger charge is -2.61. The quantitative estimate of drug-likeness (QED) is 0.173. The van der Waals surface area contributed by atoms with E-state index in [0.717, 1.165) is 49.0 Å². The number of carbonyl (C=O) groups is 2. The Morgan fingerprint density at radius 2 is 1.61 bits per heavy atom. The van der Waals surface area contributed by atoms with E-state index in [0.29, 0.717) is 17.3 Å². The molecule has 8 heteroatoms. The highest BCUT2D eigenvalue weighted by atomic mass is 32.2. The maximum absolute atomic E-state index is 13.5. The Kier molecular flexibility index (Phi) is 9.18. The summed E-state index contributed by atoms with van der Waals surface area (Å²) < 4.78 is 45.4. The summed E-state index contributed by atoms with van der Waals surface area (Å²) in [5, 5.41) is 0. The van der Waals surface area contributed by atoms with Crippen LogP contribution in [-0.2, 0) is 14.9 Å². The molecule has 0 amide bonds. The number of hydrogen-bond donors (Lipinski definition) is 1. The predicted molar refractivity (Wildman–Crippen MR) is 176 cm³/mol. The van der Waals surface area contributed by atoms with Crippen molar-refractivity contribution in [3.63, 3.8) is 0 Å². The molecule has 4 saturated carbocycles. The van der Waals surface area contributed by atoms with Gasteiger partial charge in [-0.15, -0.1) is 0 Å². The van der Waals surface area contributed by atoms with Crippen molar-refractivity contribution in [3.8, 4) is 5.75 Å². The van der Waals surface area contributed by atoms with E-state index in [-0.39, 0.29) is 22.6 Å². The van der Waals surface area contributed by atoms with Crippen LogP contribution in [0.2, 0.25) is 0 Å². The van der Waals surface area contributed by atoms with E-state index in [9.17, 15) is 22.6 Å². The van der Waals surface area contributed by atoms with Crippen molar-refractivity contribution in [2.24, 2.45) is 46.3 Å². The summed E-state index contributed by atoms with van der Waals surface area (Å²) in [7, 11) is -4.72. The fourth-order valence-electron chi connectivity index (χ4n) is 10.9. The molecule has 2 aromatic carbocycles. The van der Waals surface area contributed by atoms with Crippen LogP contribution in [-0.4, -0.2) is 31.0 Å². The average Bonchev–Trinajstić information content (AvgIpc) is 3.38. The summed E-state index contributed by atoms with van der Waals surface area (Å²) in [5.74, 6) is 2.63. The number of fused-ring (bicyclic) bond motifs is 5. The van der Waals surface area contributed by atoms with Crippen molar-refractivity contribution >= 4 is 22.1 Å². The third-order valence-electron chi connectivity index (χ3n) is 13.0. The Morgan fingerprint density at radius 3 is 2.33 bits per heavy atom. The molecule has 0 spiro atoms. The zero-order valence-corrected chi connectivity index (χ0v) is 28.6. The van der Waals surface area contributed by atoms with Gasteiger partial charge >= 0.3 is 11.9 Å². The molecule has 7 nitrogen and oxygen atoms in total. The molecule has 46 heavy (non-hydrogen) atoms. The van der Waals surface area contributed by atoms with Crippen LogP contribution in [0.1, 0.15) is 119 Å². The highest BCUT2D eigenvalue weighted by Crippen LogP contribution is 2.68. The van der Waals surface area contributed by atoms with Gasteiger partial charge in [0.25, 0.3) is 10.1 Å². The third kappa shape index (κ3) is 6.05. The smallest absolute Gasteiger partial charge is 0.343 e. The first kappa shape index (κ1) is 33.2. The summed E-state index contributed by atoms with van der Waals surface area (Å²) >= 11 is 0. The SMILES string of the molecule is CCC[C@@H](C)[C@H]1CCC2C3CCC4CCC(OC(=O)c5ccc(S(=O)(=O)O)c(OC(=O)c6ccccc6)c5)C[C@]4(C)C3CC[C@@]21C. The lowest BCUT2D eigenvalue weighted by atomic mass is 9.44. The van der Waals surface area contributed by atoms with E-state index in [4.69, 9.17) is 9.47 Å². The molecule has 0 radical (unpaired) electrons. The van der Waals surface area contributed by atoms with Crippen molar-refractivity contribution in [1.29, 1.82) is 0 Å². The molecule has 0 bridgehead atoms. The Balaban J connectivity index is 1.18. The zero-order valence-electron chi connectivity index (χ0n) is 27.7. The van der Waals surface area contributed by atoms with Crippen LogP contribution in [0.5, 0.6) is 5.75 Å². The molecule has 4 aliphatic rings. The average molecular weight is 651 g/mol. The number of ether oxygens (including phenoxy) is 2. The molecule has 9 atom stereocenters. The molecule has 1 N–H and O–H groups in total. The molecule has 0 aliphatic heterocycles. The van der Waals surface area contributed by atoms with Crippen LogP contribution in [0, 0.1) is 46.3 Å². The van der Waals surface area contributed by atoms with Gasteiger partial charge in [-0.25, -0.2) is 9.59 Å². The largest absolute Gasteiger partial charge is 0.459 e. The van der Waals surface area contributed by atoms with Gasteiger partial charge in [0.2, 0.25) is 0 Å². The van der Waals surface area contributed by atoms with Gasteiger partial charge < -0.3 is 9.47 Å². The second-order valence-corrected chi connectivity index (χ2v) is 16.7. The molecule has 2 aromatic rings. The van der Waals surface area contributed by atoms with Crippen LogP contribution in [0.4, 0.5) is 0 Å². The number of esters is 2. The van der Waals surface area contributed by atoms with Crippen molar-refractivity contribution in [2.75, 3.05) is 0 Å². The fourth-order valence-corrected chi connectivity index (χ4v) is 11.5. The van der Waals surface area contributed by atoms with E-state index in [1.54, 1.807) is 18.2 Å². The number of rotatable bonds is 8. The highest BCUT2D eigenvalue weighted by molar-refractivity contribution is 7.86. The maximum Gasteiger partial charge on any atom is 0.343 e. The first-order valence-electron chi connectivity index (χ1n) is 17.4. The summed E-state index contributed by atoms with van der Waals surface area (Å²) in [6.45, 7) is 9.87. The first-order valence-corrected chi connectivity index (χ1v) is 18.9. The molecule has 5 unspecified atom stereocenters. The molecule has 6 rings (SSSR count). The Morgan fingerprint density at radius 1 is 0.891 bits per heavy atom. The molecule has 4 aliphatic carbocycles. The minimum atomic E-state index is -4.72. The molecule has 250 valence electrons. The number of hydrogen-bond acceptors (Lipinski definition) is 6. The lowest BCUT2D eigenvalue weighted by molar-refractivity contribution is -0.134. The van der Waals surface area contributed by atoms with Gasteiger partial charge in [0, 0.05) is 0 Å². The minimum Gasteiger partial charge on any atom is -0.459 e. The second-order valence-electron chi connectivity index (χ2n) is 15.4. The van der Waals surface area contributed by atoms with Gasteiger partial charge in [0.15, 0.2) is 5.75 Å². The lowest BCUT2D eigenvalue weighted by Crippen LogP contribution is -2.54. The molecular weight excluding hydrogens is 600 g/mol. The van der Waals surface area contributed by atoms with Crippen LogP contribution in [0.3, 0.4) is 0 Å². The van der Waals surface area contributed by atoms with E-state index in [2.05, 4.69) is 27.7 Å². The van der Waals surface area contributed by atoms with Crippen molar-refractivity contribution in [2.45, 2.75) is 109 Å². The number of carbonyl (C=O) groups excluding carboxylic acids is 2. The van der Waals surface area contributed by atoms with E-state index >= 15 is 0 Å². The summed E-state index contributed by atoms with van der Waals surface area (Å²) in [6.07, 6.45) is 12.9. The van der Waals surface area contributed by atoms with Crippen molar-refractivity contribution in [3.05, 3.63) is 59.7 Å². The van der Waals surface area contributed by atoms with Crippen LogP contribution in [0.15, 0.2) is 53.4 Å². The Hall–Kier alpha value is -2.71. The summed E-state index contributed by atoms with van der Waals surface area (Å²) in [5.41, 5.74) is 0.837. The third-order valence-corrected chi connectivity index (χ3v) is 13.9. The van der Waals surface area contributed by atoms with E-state index in [1.165, 1.54) is 75.6 Å². The van der Waals surface area contributed by atoms with Gasteiger partial charge in [-0.2, -0.15) is 8.42 Å². The number of benzene rings is 2. The van der Waals surface area contributed by atoms with Crippen LogP contribution >= 0.6 is 0 Å². The van der Waals surface area contributed by atoms with E-state index in [1.807, 2.05) is 0 Å². The summed E-state index contributed by atoms with van der Waals surface area (Å²) in [4.78, 5) is 25.6. The molecular formula is C38H50O7S. The molecule has 0 heterocycles. The van der Waals surface area contributed by atoms with Gasteiger partial charge in [-0.05, 0) is 134 Å². The minimum absolute atomic E-state index is 0.0729. The standard InChI is InChI=1S/C38H50O7S/c1-5-9-24(2)30-17-18-31-29-16-14-27-13-15-28(23-38(27,4)32(29)20-21-37(30,31)3)44-36(40)26-12-19-34(46(41,42)43)33(22-26)45-35(39)25-10-7-6-8-11-25/h6-8,10-12,19,22,24,27-32H,5,9,13-18,20-21,23H2,1-4H3,(H,41,42,43)/t24-,27?,28?,29?,30-,31?,32?,37-,38+/m1/s1. The topological polar surface area (TPSA) is 107 Å².